The second kappa shape index (κ2) is 11.0. The first-order valence-electron chi connectivity index (χ1n) is 11.5. The van der Waals surface area contributed by atoms with Crippen LogP contribution in [0.1, 0.15) is 21.5 Å². The Balaban J connectivity index is 1.25. The molecule has 0 radical (unpaired) electrons. The summed E-state index contributed by atoms with van der Waals surface area (Å²) in [4.78, 5) is 35.0. The van der Waals surface area contributed by atoms with E-state index in [-0.39, 0.29) is 18.4 Å². The van der Waals surface area contributed by atoms with E-state index < -0.39 is 0 Å². The van der Waals surface area contributed by atoms with Crippen molar-refractivity contribution in [3.63, 3.8) is 0 Å². The zero-order valence-corrected chi connectivity index (χ0v) is 19.2. The molecule has 8 nitrogen and oxygen atoms in total. The molecule has 33 heavy (non-hydrogen) atoms. The van der Waals surface area contributed by atoms with Crippen molar-refractivity contribution in [3.05, 3.63) is 71.3 Å². The van der Waals surface area contributed by atoms with Gasteiger partial charge in [0.05, 0.1) is 6.54 Å². The number of carbonyl (C=O) groups is 2. The van der Waals surface area contributed by atoms with Gasteiger partial charge in [0.2, 0.25) is 5.91 Å². The molecule has 0 spiro atoms. The third kappa shape index (κ3) is 6.10. The minimum absolute atomic E-state index is 0.103. The molecule has 8 heteroatoms. The number of nitrogens with one attached hydrogen (secondary N) is 2. The van der Waals surface area contributed by atoms with Crippen LogP contribution in [0.5, 0.6) is 0 Å². The largest absolute Gasteiger partial charge is 0.353 e. The van der Waals surface area contributed by atoms with Crippen LogP contribution in [-0.4, -0.2) is 85.3 Å². The van der Waals surface area contributed by atoms with Crippen molar-refractivity contribution in [1.29, 1.82) is 0 Å². The van der Waals surface area contributed by atoms with E-state index in [1.54, 1.807) is 4.90 Å². The van der Waals surface area contributed by atoms with Gasteiger partial charge in [-0.25, -0.2) is 0 Å². The summed E-state index contributed by atoms with van der Waals surface area (Å²) in [5.41, 5.74) is 3.03. The first-order valence-corrected chi connectivity index (χ1v) is 11.5. The van der Waals surface area contributed by atoms with Gasteiger partial charge in [-0.3, -0.25) is 19.5 Å². The number of hydrogen-bond donors (Lipinski definition) is 2. The number of amides is 2. The average molecular weight is 449 g/mol. The summed E-state index contributed by atoms with van der Waals surface area (Å²) in [6, 6.07) is 18.2. The molecule has 0 bridgehead atoms. The maximum atomic E-state index is 12.6. The number of hydrogen-bond acceptors (Lipinski definition) is 4. The van der Waals surface area contributed by atoms with Crippen LogP contribution in [0.4, 0.5) is 0 Å². The summed E-state index contributed by atoms with van der Waals surface area (Å²) >= 11 is 0. The first kappa shape index (κ1) is 22.8. The van der Waals surface area contributed by atoms with Crippen molar-refractivity contribution < 1.29 is 9.59 Å². The zero-order valence-electron chi connectivity index (χ0n) is 19.2. The summed E-state index contributed by atoms with van der Waals surface area (Å²) in [6.45, 7) is 6.66. The Hall–Kier alpha value is -3.39. The Morgan fingerprint density at radius 1 is 0.939 bits per heavy atom. The first-order chi connectivity index (χ1) is 16.1. The van der Waals surface area contributed by atoms with E-state index in [1.807, 2.05) is 31.3 Å². The molecular weight excluding hydrogens is 416 g/mol. The summed E-state index contributed by atoms with van der Waals surface area (Å²) in [6.07, 6.45) is 0. The molecule has 2 N–H and O–H groups in total. The standard InChI is InChI=1S/C25H32N6O2/c1-26-25(30-15-13-29(14-16-30)18-21-5-3-2-4-6-21)28-17-20-7-9-22(10-8-20)24(33)31-12-11-27-23(32)19-31/h2-10H,11-19H2,1H3,(H,26,28)(H,27,32). The Kier molecular flexibility index (Phi) is 7.57. The Labute approximate surface area is 195 Å². The quantitative estimate of drug-likeness (QED) is 0.530. The van der Waals surface area contributed by atoms with Gasteiger partial charge in [0.15, 0.2) is 5.96 Å². The molecule has 2 amide bonds. The molecule has 0 aromatic heterocycles. The predicted molar refractivity (Wildman–Crippen MR) is 129 cm³/mol. The molecule has 0 saturated carbocycles. The Bertz CT molecular complexity index is 968. The Morgan fingerprint density at radius 2 is 1.67 bits per heavy atom. The van der Waals surface area contributed by atoms with Crippen LogP contribution in [-0.2, 0) is 17.9 Å². The topological polar surface area (TPSA) is 80.3 Å². The van der Waals surface area contributed by atoms with Crippen molar-refractivity contribution in [1.82, 2.24) is 25.3 Å². The molecule has 2 fully saturated rings. The highest BCUT2D eigenvalue weighted by atomic mass is 16.2. The zero-order chi connectivity index (χ0) is 23.0. The highest BCUT2D eigenvalue weighted by molar-refractivity contribution is 5.97. The molecule has 2 aliphatic heterocycles. The number of benzene rings is 2. The number of rotatable bonds is 5. The van der Waals surface area contributed by atoms with Crippen LogP contribution in [0.3, 0.4) is 0 Å². The van der Waals surface area contributed by atoms with E-state index in [0.717, 1.165) is 44.2 Å². The maximum Gasteiger partial charge on any atom is 0.254 e. The van der Waals surface area contributed by atoms with Crippen LogP contribution < -0.4 is 10.6 Å². The lowest BCUT2D eigenvalue weighted by Crippen LogP contribution is -2.52. The molecule has 174 valence electrons. The van der Waals surface area contributed by atoms with Crippen molar-refractivity contribution >= 4 is 17.8 Å². The number of aliphatic imine (C=N–C) groups is 1. The van der Waals surface area contributed by atoms with Crippen molar-refractivity contribution in [2.75, 3.05) is 52.9 Å². The monoisotopic (exact) mass is 448 g/mol. The molecule has 2 aromatic carbocycles. The van der Waals surface area contributed by atoms with E-state index in [2.05, 4.69) is 55.8 Å². The molecule has 2 heterocycles. The summed E-state index contributed by atoms with van der Waals surface area (Å²) in [5.74, 6) is 0.685. The maximum absolute atomic E-state index is 12.6. The molecule has 2 aromatic rings. The molecule has 0 aliphatic carbocycles. The van der Waals surface area contributed by atoms with Crippen LogP contribution in [0.15, 0.2) is 59.6 Å². The van der Waals surface area contributed by atoms with Gasteiger partial charge in [0, 0.05) is 65.0 Å². The third-order valence-corrected chi connectivity index (χ3v) is 6.11. The van der Waals surface area contributed by atoms with Gasteiger partial charge >= 0.3 is 0 Å². The molecule has 2 saturated heterocycles. The van der Waals surface area contributed by atoms with E-state index in [1.165, 1.54) is 5.56 Å². The number of piperazine rings is 2. The fraction of sp³-hybridized carbons (Fsp3) is 0.400. The molecule has 0 unspecified atom stereocenters. The van der Waals surface area contributed by atoms with E-state index >= 15 is 0 Å². The summed E-state index contributed by atoms with van der Waals surface area (Å²) in [5, 5.41) is 6.19. The number of guanidine groups is 1. The average Bonchev–Trinajstić information content (AvgIpc) is 2.86. The normalized spacial score (nSPS) is 17.6. The molecular formula is C25H32N6O2. The van der Waals surface area contributed by atoms with E-state index in [4.69, 9.17) is 0 Å². The summed E-state index contributed by atoms with van der Waals surface area (Å²) < 4.78 is 0. The van der Waals surface area contributed by atoms with Crippen molar-refractivity contribution in [2.45, 2.75) is 13.1 Å². The van der Waals surface area contributed by atoms with Gasteiger partial charge in [-0.05, 0) is 23.3 Å². The molecule has 4 rings (SSSR count). The second-order valence-electron chi connectivity index (χ2n) is 8.42. The lowest BCUT2D eigenvalue weighted by Gasteiger charge is -2.36. The SMILES string of the molecule is CN=C(NCc1ccc(C(=O)N2CCNC(=O)C2)cc1)N1CCN(Cc2ccccc2)CC1. The minimum Gasteiger partial charge on any atom is -0.353 e. The number of nitrogens with zero attached hydrogens (tertiary/aromatic N) is 4. The molecule has 0 atom stereocenters. The predicted octanol–water partition coefficient (Wildman–Crippen LogP) is 1.15. The lowest BCUT2D eigenvalue weighted by atomic mass is 10.1. The van der Waals surface area contributed by atoms with Gasteiger partial charge in [-0.1, -0.05) is 42.5 Å². The van der Waals surface area contributed by atoms with Crippen LogP contribution >= 0.6 is 0 Å². The van der Waals surface area contributed by atoms with E-state index in [9.17, 15) is 9.59 Å². The van der Waals surface area contributed by atoms with Crippen LogP contribution in [0.2, 0.25) is 0 Å². The smallest absolute Gasteiger partial charge is 0.254 e. The molecule has 2 aliphatic rings. The van der Waals surface area contributed by atoms with Gasteiger partial charge in [0.1, 0.15) is 0 Å². The highest BCUT2D eigenvalue weighted by Crippen LogP contribution is 2.11. The van der Waals surface area contributed by atoms with Gasteiger partial charge in [-0.15, -0.1) is 0 Å². The highest BCUT2D eigenvalue weighted by Gasteiger charge is 2.22. The Morgan fingerprint density at radius 3 is 2.33 bits per heavy atom. The van der Waals surface area contributed by atoms with Crippen molar-refractivity contribution in [2.24, 2.45) is 4.99 Å². The lowest BCUT2D eigenvalue weighted by molar-refractivity contribution is -0.123. The van der Waals surface area contributed by atoms with Gasteiger partial charge in [0.25, 0.3) is 5.91 Å². The minimum atomic E-state index is -0.109. The fourth-order valence-electron chi connectivity index (χ4n) is 4.23. The van der Waals surface area contributed by atoms with E-state index in [0.29, 0.717) is 25.2 Å². The fourth-order valence-corrected chi connectivity index (χ4v) is 4.23. The van der Waals surface area contributed by atoms with Crippen LogP contribution in [0.25, 0.3) is 0 Å². The van der Waals surface area contributed by atoms with Crippen LogP contribution in [0, 0.1) is 0 Å². The summed E-state index contributed by atoms with van der Waals surface area (Å²) in [7, 11) is 1.81. The van der Waals surface area contributed by atoms with Crippen molar-refractivity contribution in [3.8, 4) is 0 Å². The third-order valence-electron chi connectivity index (χ3n) is 6.11. The second-order valence-corrected chi connectivity index (χ2v) is 8.42. The van der Waals surface area contributed by atoms with Gasteiger partial charge in [-0.2, -0.15) is 0 Å². The van der Waals surface area contributed by atoms with Gasteiger partial charge < -0.3 is 20.4 Å². The number of carbonyl (C=O) groups excluding carboxylic acids is 2.